The summed E-state index contributed by atoms with van der Waals surface area (Å²) in [6.07, 6.45) is 2.68. The van der Waals surface area contributed by atoms with Gasteiger partial charge in [0.05, 0.1) is 0 Å². The molecule has 1 aliphatic carbocycles. The Bertz CT molecular complexity index is 328. The topological polar surface area (TPSA) is 25.4 Å². The van der Waals surface area contributed by atoms with Crippen molar-refractivity contribution < 1.29 is 4.74 Å². The molecule has 0 amide bonds. The van der Waals surface area contributed by atoms with Crippen molar-refractivity contribution >= 4 is 15.9 Å². The van der Waals surface area contributed by atoms with Gasteiger partial charge in [-0.1, -0.05) is 6.07 Å². The zero-order valence-corrected chi connectivity index (χ0v) is 10.4. The van der Waals surface area contributed by atoms with E-state index in [4.69, 9.17) is 4.74 Å². The van der Waals surface area contributed by atoms with E-state index in [-0.39, 0.29) is 0 Å². The van der Waals surface area contributed by atoms with Crippen LogP contribution in [0.15, 0.2) is 22.8 Å². The SMILES string of the molecule is CN(CCOc1cccc(Br)n1)C1CC1. The van der Waals surface area contributed by atoms with Gasteiger partial charge in [0, 0.05) is 18.7 Å². The van der Waals surface area contributed by atoms with Gasteiger partial charge in [-0.2, -0.15) is 0 Å². The molecule has 0 spiro atoms. The number of halogens is 1. The second-order valence-corrected chi connectivity index (χ2v) is 4.67. The molecule has 1 heterocycles. The van der Waals surface area contributed by atoms with E-state index < -0.39 is 0 Å². The van der Waals surface area contributed by atoms with Crippen LogP contribution >= 0.6 is 15.9 Å². The molecule has 1 aromatic heterocycles. The van der Waals surface area contributed by atoms with Gasteiger partial charge in [-0.15, -0.1) is 0 Å². The molecule has 0 radical (unpaired) electrons. The lowest BCUT2D eigenvalue weighted by Gasteiger charge is -2.15. The molecule has 4 heteroatoms. The molecule has 1 aromatic rings. The number of rotatable bonds is 5. The summed E-state index contributed by atoms with van der Waals surface area (Å²) in [4.78, 5) is 6.55. The van der Waals surface area contributed by atoms with Crippen molar-refractivity contribution in [3.8, 4) is 5.88 Å². The fraction of sp³-hybridized carbons (Fsp3) is 0.545. The van der Waals surface area contributed by atoms with Crippen molar-refractivity contribution in [1.29, 1.82) is 0 Å². The Kier molecular flexibility index (Phi) is 3.59. The highest BCUT2D eigenvalue weighted by Gasteiger charge is 2.25. The number of hydrogen-bond donors (Lipinski definition) is 0. The monoisotopic (exact) mass is 270 g/mol. The molecule has 0 aliphatic heterocycles. The van der Waals surface area contributed by atoms with E-state index in [1.807, 2.05) is 18.2 Å². The van der Waals surface area contributed by atoms with Crippen LogP contribution in [-0.2, 0) is 0 Å². The average molecular weight is 271 g/mol. The highest BCUT2D eigenvalue weighted by Crippen LogP contribution is 2.24. The second kappa shape index (κ2) is 4.94. The van der Waals surface area contributed by atoms with E-state index in [1.165, 1.54) is 12.8 Å². The molecule has 0 N–H and O–H groups in total. The molecular weight excluding hydrogens is 256 g/mol. The molecule has 0 bridgehead atoms. The lowest BCUT2D eigenvalue weighted by Crippen LogP contribution is -2.26. The van der Waals surface area contributed by atoms with Crippen LogP contribution < -0.4 is 4.74 Å². The summed E-state index contributed by atoms with van der Waals surface area (Å²) in [6.45, 7) is 1.68. The van der Waals surface area contributed by atoms with E-state index in [1.54, 1.807) is 0 Å². The van der Waals surface area contributed by atoms with E-state index >= 15 is 0 Å². The van der Waals surface area contributed by atoms with E-state index in [0.29, 0.717) is 12.5 Å². The number of nitrogens with zero attached hydrogens (tertiary/aromatic N) is 2. The maximum absolute atomic E-state index is 5.55. The van der Waals surface area contributed by atoms with E-state index in [2.05, 4.69) is 32.9 Å². The first-order chi connectivity index (χ1) is 7.25. The molecule has 1 saturated carbocycles. The van der Waals surface area contributed by atoms with Crippen LogP contribution in [0.4, 0.5) is 0 Å². The number of hydrogen-bond acceptors (Lipinski definition) is 3. The summed E-state index contributed by atoms with van der Waals surface area (Å²) in [5, 5.41) is 0. The van der Waals surface area contributed by atoms with Gasteiger partial charge in [-0.05, 0) is 41.9 Å². The smallest absolute Gasteiger partial charge is 0.214 e. The van der Waals surface area contributed by atoms with Crippen molar-refractivity contribution in [1.82, 2.24) is 9.88 Å². The second-order valence-electron chi connectivity index (χ2n) is 3.86. The molecular formula is C11H15BrN2O. The molecule has 0 unspecified atom stereocenters. The lowest BCUT2D eigenvalue weighted by atomic mass is 10.5. The van der Waals surface area contributed by atoms with Crippen LogP contribution in [0.1, 0.15) is 12.8 Å². The maximum Gasteiger partial charge on any atom is 0.214 e. The molecule has 2 rings (SSSR count). The minimum absolute atomic E-state index is 0.688. The Morgan fingerprint density at radius 2 is 2.33 bits per heavy atom. The van der Waals surface area contributed by atoms with Gasteiger partial charge in [-0.3, -0.25) is 0 Å². The zero-order chi connectivity index (χ0) is 10.7. The van der Waals surface area contributed by atoms with E-state index in [9.17, 15) is 0 Å². The van der Waals surface area contributed by atoms with Crippen molar-refractivity contribution in [3.63, 3.8) is 0 Å². The Balaban J connectivity index is 1.73. The highest BCUT2D eigenvalue weighted by molar-refractivity contribution is 9.10. The van der Waals surface area contributed by atoms with Crippen LogP contribution in [0.3, 0.4) is 0 Å². The molecule has 0 atom stereocenters. The quantitative estimate of drug-likeness (QED) is 0.768. The summed E-state index contributed by atoms with van der Waals surface area (Å²) >= 11 is 3.31. The lowest BCUT2D eigenvalue weighted by molar-refractivity contribution is 0.226. The normalized spacial score (nSPS) is 15.7. The molecule has 82 valence electrons. The first-order valence-electron chi connectivity index (χ1n) is 5.21. The van der Waals surface area contributed by atoms with Gasteiger partial charge >= 0.3 is 0 Å². The van der Waals surface area contributed by atoms with Crippen molar-refractivity contribution in [3.05, 3.63) is 22.8 Å². The summed E-state index contributed by atoms with van der Waals surface area (Å²) in [5.41, 5.74) is 0. The van der Waals surface area contributed by atoms with Gasteiger partial charge in [-0.25, -0.2) is 4.98 Å². The molecule has 15 heavy (non-hydrogen) atoms. The zero-order valence-electron chi connectivity index (χ0n) is 8.82. The predicted molar refractivity (Wildman–Crippen MR) is 63.1 cm³/mol. The predicted octanol–water partition coefficient (Wildman–Crippen LogP) is 2.32. The summed E-state index contributed by atoms with van der Waals surface area (Å²) in [6, 6.07) is 6.49. The third-order valence-corrected chi connectivity index (χ3v) is 3.00. The van der Waals surface area contributed by atoms with Gasteiger partial charge in [0.15, 0.2) is 0 Å². The Hall–Kier alpha value is -0.610. The molecule has 1 aliphatic rings. The summed E-state index contributed by atoms with van der Waals surface area (Å²) in [7, 11) is 2.15. The molecule has 3 nitrogen and oxygen atoms in total. The van der Waals surface area contributed by atoms with Crippen LogP contribution in [0.2, 0.25) is 0 Å². The Labute approximate surface area is 98.6 Å². The van der Waals surface area contributed by atoms with Crippen molar-refractivity contribution in [2.75, 3.05) is 20.2 Å². The molecule has 1 fully saturated rings. The maximum atomic E-state index is 5.55. The van der Waals surface area contributed by atoms with Gasteiger partial charge in [0.25, 0.3) is 0 Å². The van der Waals surface area contributed by atoms with Gasteiger partial charge < -0.3 is 9.64 Å². The molecule has 0 saturated heterocycles. The number of ether oxygens (including phenoxy) is 1. The van der Waals surface area contributed by atoms with Crippen LogP contribution in [0.5, 0.6) is 5.88 Å². The number of pyridine rings is 1. The fourth-order valence-electron chi connectivity index (χ4n) is 1.46. The van der Waals surface area contributed by atoms with Crippen LogP contribution in [-0.4, -0.2) is 36.1 Å². The van der Waals surface area contributed by atoms with Gasteiger partial charge in [0.2, 0.25) is 5.88 Å². The largest absolute Gasteiger partial charge is 0.476 e. The third kappa shape index (κ3) is 3.47. The number of aromatic nitrogens is 1. The average Bonchev–Trinajstić information content (AvgIpc) is 3.00. The van der Waals surface area contributed by atoms with Crippen LogP contribution in [0, 0.1) is 0 Å². The first-order valence-corrected chi connectivity index (χ1v) is 6.00. The minimum Gasteiger partial charge on any atom is -0.476 e. The first kappa shape index (κ1) is 10.9. The van der Waals surface area contributed by atoms with E-state index in [0.717, 1.165) is 17.2 Å². The standard InChI is InChI=1S/C11H15BrN2O/c1-14(9-5-6-9)7-8-15-11-4-2-3-10(12)13-11/h2-4,9H,5-8H2,1H3. The third-order valence-electron chi connectivity index (χ3n) is 2.55. The Morgan fingerprint density at radius 3 is 3.00 bits per heavy atom. The van der Waals surface area contributed by atoms with Crippen molar-refractivity contribution in [2.45, 2.75) is 18.9 Å². The highest BCUT2D eigenvalue weighted by atomic mass is 79.9. The van der Waals surface area contributed by atoms with Crippen LogP contribution in [0.25, 0.3) is 0 Å². The fourth-order valence-corrected chi connectivity index (χ4v) is 1.79. The number of likely N-dealkylation sites (N-methyl/N-ethyl adjacent to an activating group) is 1. The van der Waals surface area contributed by atoms with Crippen molar-refractivity contribution in [2.24, 2.45) is 0 Å². The Morgan fingerprint density at radius 1 is 1.53 bits per heavy atom. The molecule has 0 aromatic carbocycles. The minimum atomic E-state index is 0.688. The summed E-state index contributed by atoms with van der Waals surface area (Å²) in [5.74, 6) is 0.688. The van der Waals surface area contributed by atoms with Gasteiger partial charge in [0.1, 0.15) is 11.2 Å². The summed E-state index contributed by atoms with van der Waals surface area (Å²) < 4.78 is 6.37.